The fourth-order valence-electron chi connectivity index (χ4n) is 2.36. The Bertz CT molecular complexity index is 1000. The Kier molecular flexibility index (Phi) is 9.92. The molecule has 0 atom stereocenters. The van der Waals surface area contributed by atoms with Gasteiger partial charge in [0.05, 0.1) is 33.6 Å². The molecule has 2 amide bonds. The van der Waals surface area contributed by atoms with Gasteiger partial charge in [-0.25, -0.2) is 4.79 Å². The number of anilines is 1. The molecule has 0 aliphatic rings. The molecule has 0 fully saturated rings. The van der Waals surface area contributed by atoms with Crippen LogP contribution in [-0.2, 0) is 19.1 Å². The number of hydrogen-bond donors (Lipinski definition) is 2. The van der Waals surface area contributed by atoms with E-state index < -0.39 is 23.4 Å². The topological polar surface area (TPSA) is 137 Å². The molecule has 10 nitrogen and oxygen atoms in total. The lowest BCUT2D eigenvalue weighted by Gasteiger charge is -2.10. The number of ether oxygens (including phenoxy) is 2. The lowest BCUT2D eigenvalue weighted by Crippen LogP contribution is -2.28. The number of thioether (sulfide) groups is 1. The maximum absolute atomic E-state index is 12.4. The van der Waals surface area contributed by atoms with E-state index in [0.717, 1.165) is 17.8 Å². The van der Waals surface area contributed by atoms with Crippen LogP contribution >= 0.6 is 23.4 Å². The Hall–Kier alpha value is -3.15. The monoisotopic (exact) mass is 481 g/mol. The quantitative estimate of drug-likeness (QED) is 0.164. The predicted octanol–water partition coefficient (Wildman–Crippen LogP) is 2.90. The largest absolute Gasteiger partial charge is 0.452 e. The number of nitro groups is 1. The predicted molar refractivity (Wildman–Crippen MR) is 119 cm³/mol. The first-order chi connectivity index (χ1) is 15.3. The number of nitrogens with one attached hydrogen (secondary N) is 2. The Morgan fingerprint density at radius 2 is 1.91 bits per heavy atom. The Labute approximate surface area is 192 Å². The molecule has 2 aromatic carbocycles. The van der Waals surface area contributed by atoms with Crippen molar-refractivity contribution in [2.75, 3.05) is 37.9 Å². The zero-order valence-electron chi connectivity index (χ0n) is 17.0. The fourth-order valence-corrected chi connectivity index (χ4v) is 3.45. The highest BCUT2D eigenvalue weighted by molar-refractivity contribution is 8.00. The van der Waals surface area contributed by atoms with Crippen molar-refractivity contribution < 1.29 is 28.8 Å². The highest BCUT2D eigenvalue weighted by Gasteiger charge is 2.17. The molecule has 0 heterocycles. The molecule has 0 bridgehead atoms. The van der Waals surface area contributed by atoms with Crippen LogP contribution in [0.3, 0.4) is 0 Å². The fraction of sp³-hybridized carbons (Fsp3) is 0.250. The number of carbonyl (C=O) groups is 3. The van der Waals surface area contributed by atoms with Crippen molar-refractivity contribution in [1.29, 1.82) is 0 Å². The van der Waals surface area contributed by atoms with Crippen LogP contribution in [0.2, 0.25) is 5.02 Å². The maximum Gasteiger partial charge on any atom is 0.339 e. The molecule has 2 rings (SSSR count). The molecule has 170 valence electrons. The Morgan fingerprint density at radius 3 is 2.59 bits per heavy atom. The van der Waals surface area contributed by atoms with Crippen molar-refractivity contribution in [3.8, 4) is 0 Å². The summed E-state index contributed by atoms with van der Waals surface area (Å²) in [6, 6.07) is 10.1. The minimum Gasteiger partial charge on any atom is -0.452 e. The van der Waals surface area contributed by atoms with Gasteiger partial charge in [-0.3, -0.25) is 19.7 Å². The summed E-state index contributed by atoms with van der Waals surface area (Å²) in [5.74, 6) is -1.53. The van der Waals surface area contributed by atoms with Crippen molar-refractivity contribution in [3.05, 3.63) is 63.2 Å². The smallest absolute Gasteiger partial charge is 0.339 e. The standard InChI is InChI=1S/C20H20ClN3O7S/c1-30-9-8-22-19(26)12-32-17-5-3-2-4-14(17)20(27)31-11-18(25)23-16-7-6-13(24(28)29)10-15(16)21/h2-7,10H,8-9,11-12H2,1H3,(H,22,26)(H,23,25). The molecule has 0 radical (unpaired) electrons. The summed E-state index contributed by atoms with van der Waals surface area (Å²) < 4.78 is 9.92. The van der Waals surface area contributed by atoms with Gasteiger partial charge in [0.2, 0.25) is 5.91 Å². The molecule has 2 N–H and O–H groups in total. The summed E-state index contributed by atoms with van der Waals surface area (Å²) in [5, 5.41) is 15.8. The maximum atomic E-state index is 12.4. The molecule has 0 saturated carbocycles. The molecule has 0 saturated heterocycles. The van der Waals surface area contributed by atoms with Gasteiger partial charge in [0.1, 0.15) is 0 Å². The van der Waals surface area contributed by atoms with Crippen molar-refractivity contribution >= 4 is 52.5 Å². The van der Waals surface area contributed by atoms with E-state index in [4.69, 9.17) is 21.1 Å². The van der Waals surface area contributed by atoms with Crippen LogP contribution in [0.15, 0.2) is 47.4 Å². The summed E-state index contributed by atoms with van der Waals surface area (Å²) in [7, 11) is 1.53. The van der Waals surface area contributed by atoms with Gasteiger partial charge in [-0.05, 0) is 18.2 Å². The summed E-state index contributed by atoms with van der Waals surface area (Å²) in [6.45, 7) is 0.183. The number of nitro benzene ring substituents is 1. The van der Waals surface area contributed by atoms with Crippen molar-refractivity contribution in [2.24, 2.45) is 0 Å². The van der Waals surface area contributed by atoms with Crippen LogP contribution in [0.5, 0.6) is 0 Å². The molecule has 0 aromatic heterocycles. The molecular weight excluding hydrogens is 462 g/mol. The van der Waals surface area contributed by atoms with Gasteiger partial charge in [0, 0.05) is 30.7 Å². The average molecular weight is 482 g/mol. The number of amides is 2. The zero-order chi connectivity index (χ0) is 23.5. The van der Waals surface area contributed by atoms with Gasteiger partial charge in [-0.1, -0.05) is 23.7 Å². The van der Waals surface area contributed by atoms with E-state index in [-0.39, 0.29) is 33.6 Å². The molecule has 32 heavy (non-hydrogen) atoms. The number of carbonyl (C=O) groups excluding carboxylic acids is 3. The average Bonchev–Trinajstić information content (AvgIpc) is 2.77. The van der Waals surface area contributed by atoms with E-state index in [0.29, 0.717) is 18.0 Å². The number of benzene rings is 2. The van der Waals surface area contributed by atoms with E-state index in [1.165, 1.54) is 25.3 Å². The molecule has 2 aromatic rings. The lowest BCUT2D eigenvalue weighted by atomic mass is 10.2. The highest BCUT2D eigenvalue weighted by Crippen LogP contribution is 2.27. The van der Waals surface area contributed by atoms with Crippen molar-refractivity contribution in [3.63, 3.8) is 0 Å². The number of esters is 1. The van der Waals surface area contributed by atoms with Crippen LogP contribution in [0.4, 0.5) is 11.4 Å². The zero-order valence-corrected chi connectivity index (χ0v) is 18.5. The minimum atomic E-state index is -0.738. The number of halogens is 1. The van der Waals surface area contributed by atoms with E-state index >= 15 is 0 Å². The summed E-state index contributed by atoms with van der Waals surface area (Å²) in [6.07, 6.45) is 0. The van der Waals surface area contributed by atoms with Crippen LogP contribution in [0.1, 0.15) is 10.4 Å². The van der Waals surface area contributed by atoms with E-state index in [1.54, 1.807) is 18.2 Å². The van der Waals surface area contributed by atoms with Gasteiger partial charge in [0.25, 0.3) is 11.6 Å². The van der Waals surface area contributed by atoms with E-state index in [9.17, 15) is 24.5 Å². The normalized spacial score (nSPS) is 10.3. The van der Waals surface area contributed by atoms with Gasteiger partial charge in [0.15, 0.2) is 6.61 Å². The summed E-state index contributed by atoms with van der Waals surface area (Å²) in [5.41, 5.74) is 0.137. The summed E-state index contributed by atoms with van der Waals surface area (Å²) >= 11 is 7.09. The molecule has 0 aliphatic carbocycles. The number of methoxy groups -OCH3 is 1. The Morgan fingerprint density at radius 1 is 1.16 bits per heavy atom. The van der Waals surface area contributed by atoms with Crippen molar-refractivity contribution in [1.82, 2.24) is 5.32 Å². The van der Waals surface area contributed by atoms with Gasteiger partial charge in [-0.15, -0.1) is 11.8 Å². The third kappa shape index (κ3) is 7.84. The first-order valence-corrected chi connectivity index (χ1v) is 10.6. The van der Waals surface area contributed by atoms with Crippen LogP contribution < -0.4 is 10.6 Å². The van der Waals surface area contributed by atoms with E-state index in [2.05, 4.69) is 10.6 Å². The molecule has 12 heteroatoms. The Balaban J connectivity index is 1.91. The first-order valence-electron chi connectivity index (χ1n) is 9.20. The molecule has 0 unspecified atom stereocenters. The minimum absolute atomic E-state index is 0.0237. The second kappa shape index (κ2) is 12.6. The number of nitrogens with zero attached hydrogens (tertiary/aromatic N) is 1. The summed E-state index contributed by atoms with van der Waals surface area (Å²) in [4.78, 5) is 47.0. The molecule has 0 aliphatic heterocycles. The van der Waals surface area contributed by atoms with Crippen molar-refractivity contribution in [2.45, 2.75) is 4.90 Å². The van der Waals surface area contributed by atoms with Crippen LogP contribution in [0.25, 0.3) is 0 Å². The first kappa shape index (κ1) is 25.1. The van der Waals surface area contributed by atoms with Gasteiger partial charge in [-0.2, -0.15) is 0 Å². The van der Waals surface area contributed by atoms with E-state index in [1.807, 2.05) is 0 Å². The second-order valence-corrected chi connectivity index (χ2v) is 7.60. The van der Waals surface area contributed by atoms with Crippen LogP contribution in [0, 0.1) is 10.1 Å². The number of non-ortho nitro benzene ring substituents is 1. The highest BCUT2D eigenvalue weighted by atomic mass is 35.5. The molecule has 0 spiro atoms. The third-order valence-corrected chi connectivity index (χ3v) is 5.25. The lowest BCUT2D eigenvalue weighted by molar-refractivity contribution is -0.384. The number of rotatable bonds is 11. The molecular formula is C20H20ClN3O7S. The van der Waals surface area contributed by atoms with Gasteiger partial charge < -0.3 is 20.1 Å². The SMILES string of the molecule is COCCNC(=O)CSc1ccccc1C(=O)OCC(=O)Nc1ccc([N+](=O)[O-])cc1Cl. The van der Waals surface area contributed by atoms with Crippen LogP contribution in [-0.4, -0.2) is 55.3 Å². The number of hydrogen-bond acceptors (Lipinski definition) is 8. The van der Waals surface area contributed by atoms with Gasteiger partial charge >= 0.3 is 5.97 Å². The second-order valence-electron chi connectivity index (χ2n) is 6.17. The third-order valence-electron chi connectivity index (χ3n) is 3.87.